The molecule has 25 heavy (non-hydrogen) atoms. The van der Waals surface area contributed by atoms with E-state index in [0.717, 1.165) is 40.1 Å². The molecular formula is C19H21N5S. The lowest BCUT2D eigenvalue weighted by molar-refractivity contribution is 0.537. The highest BCUT2D eigenvalue weighted by Gasteiger charge is 2.22. The number of rotatable bonds is 3. The Kier molecular flexibility index (Phi) is 4.00. The summed E-state index contributed by atoms with van der Waals surface area (Å²) in [5.41, 5.74) is 6.71. The summed E-state index contributed by atoms with van der Waals surface area (Å²) in [5, 5.41) is 8.58. The van der Waals surface area contributed by atoms with Gasteiger partial charge in [0.25, 0.3) is 0 Å². The Morgan fingerprint density at radius 1 is 1.32 bits per heavy atom. The average molecular weight is 351 g/mol. The minimum Gasteiger partial charge on any atom is -0.334 e. The maximum absolute atomic E-state index is 4.75. The smallest absolute Gasteiger partial charge is 0.168 e. The fourth-order valence-electron chi connectivity index (χ4n) is 3.08. The van der Waals surface area contributed by atoms with Crippen LogP contribution in [0.5, 0.6) is 0 Å². The van der Waals surface area contributed by atoms with E-state index in [-0.39, 0.29) is 6.04 Å². The molecule has 0 amide bonds. The molecule has 0 aliphatic carbocycles. The second-order valence-corrected chi connectivity index (χ2v) is 7.68. The van der Waals surface area contributed by atoms with Crippen LogP contribution in [0.2, 0.25) is 0 Å². The van der Waals surface area contributed by atoms with E-state index in [1.165, 1.54) is 16.8 Å². The van der Waals surface area contributed by atoms with Crippen molar-refractivity contribution < 1.29 is 0 Å². The van der Waals surface area contributed by atoms with Gasteiger partial charge in [-0.3, -0.25) is 4.99 Å². The van der Waals surface area contributed by atoms with Gasteiger partial charge in [-0.2, -0.15) is 5.10 Å². The van der Waals surface area contributed by atoms with Crippen molar-refractivity contribution >= 4 is 39.8 Å². The van der Waals surface area contributed by atoms with Gasteiger partial charge in [0.2, 0.25) is 0 Å². The molecule has 3 heterocycles. The van der Waals surface area contributed by atoms with E-state index < -0.39 is 0 Å². The molecule has 6 heteroatoms. The number of aromatic nitrogens is 2. The van der Waals surface area contributed by atoms with Crippen LogP contribution in [0.15, 0.2) is 41.0 Å². The van der Waals surface area contributed by atoms with Crippen LogP contribution in [0.3, 0.4) is 0 Å². The molecule has 0 unspecified atom stereocenters. The molecule has 2 aromatic rings. The van der Waals surface area contributed by atoms with Crippen molar-refractivity contribution in [3.05, 3.63) is 47.7 Å². The quantitative estimate of drug-likeness (QED) is 0.892. The predicted molar refractivity (Wildman–Crippen MR) is 106 cm³/mol. The van der Waals surface area contributed by atoms with Crippen LogP contribution in [-0.2, 0) is 6.42 Å². The largest absolute Gasteiger partial charge is 0.334 e. The van der Waals surface area contributed by atoms with Gasteiger partial charge in [0, 0.05) is 29.6 Å². The normalized spacial score (nSPS) is 15.6. The lowest BCUT2D eigenvalue weighted by atomic mass is 10.1. The molecule has 5 nitrogen and oxygen atoms in total. The molecule has 0 saturated heterocycles. The van der Waals surface area contributed by atoms with Gasteiger partial charge in [-0.05, 0) is 32.4 Å². The Labute approximate surface area is 152 Å². The number of aryl methyl sites for hydroxylation is 1. The number of nitrogens with zero attached hydrogens (tertiary/aromatic N) is 4. The first kappa shape index (κ1) is 16.1. The van der Waals surface area contributed by atoms with Crippen molar-refractivity contribution in [1.82, 2.24) is 15.1 Å². The molecule has 0 fully saturated rings. The number of thioether (sulfide) groups is 1. The Morgan fingerprint density at radius 2 is 2.16 bits per heavy atom. The molecule has 4 rings (SSSR count). The Bertz CT molecular complexity index is 920. The number of benzene rings is 1. The lowest BCUT2D eigenvalue weighted by Gasteiger charge is -2.18. The molecule has 128 valence electrons. The fraction of sp³-hybridized carbons (Fsp3) is 0.316. The van der Waals surface area contributed by atoms with Gasteiger partial charge in [-0.1, -0.05) is 36.0 Å². The minimum absolute atomic E-state index is 0.265. The highest BCUT2D eigenvalue weighted by molar-refractivity contribution is 8.14. The summed E-state index contributed by atoms with van der Waals surface area (Å²) in [6, 6.07) is 6.71. The van der Waals surface area contributed by atoms with Crippen LogP contribution in [0.25, 0.3) is 5.70 Å². The minimum atomic E-state index is 0.265. The van der Waals surface area contributed by atoms with E-state index in [4.69, 9.17) is 9.98 Å². The number of hydrogen-bond donors (Lipinski definition) is 1. The zero-order valence-corrected chi connectivity index (χ0v) is 15.5. The summed E-state index contributed by atoms with van der Waals surface area (Å²) in [4.78, 5) is 9.50. The third kappa shape index (κ3) is 3.02. The van der Waals surface area contributed by atoms with Crippen molar-refractivity contribution in [2.75, 3.05) is 5.75 Å². The second-order valence-electron chi connectivity index (χ2n) is 6.72. The number of aliphatic imine (C=N–C) groups is 2. The first-order valence-electron chi connectivity index (χ1n) is 8.42. The van der Waals surface area contributed by atoms with Crippen LogP contribution in [0.4, 0.5) is 11.5 Å². The molecule has 0 spiro atoms. The van der Waals surface area contributed by atoms with E-state index >= 15 is 0 Å². The molecule has 2 aliphatic rings. The SMILES string of the molecule is C=C1NC(SCC2=Nc3ccc(C)cc3C2)=Nc2c1cnn2C(C)C. The molecule has 2 aliphatic heterocycles. The zero-order valence-electron chi connectivity index (χ0n) is 14.7. The van der Waals surface area contributed by atoms with Crippen LogP contribution < -0.4 is 5.32 Å². The first-order chi connectivity index (χ1) is 12.0. The highest BCUT2D eigenvalue weighted by atomic mass is 32.2. The summed E-state index contributed by atoms with van der Waals surface area (Å²) in [6.07, 6.45) is 2.75. The van der Waals surface area contributed by atoms with Gasteiger partial charge in [-0.25, -0.2) is 9.67 Å². The van der Waals surface area contributed by atoms with E-state index in [9.17, 15) is 0 Å². The van der Waals surface area contributed by atoms with E-state index in [1.54, 1.807) is 11.8 Å². The summed E-state index contributed by atoms with van der Waals surface area (Å²) >= 11 is 1.67. The summed E-state index contributed by atoms with van der Waals surface area (Å²) < 4.78 is 1.94. The van der Waals surface area contributed by atoms with E-state index in [0.29, 0.717) is 0 Å². The van der Waals surface area contributed by atoms with Crippen LogP contribution in [0, 0.1) is 6.92 Å². The van der Waals surface area contributed by atoms with Crippen molar-refractivity contribution in [3.63, 3.8) is 0 Å². The van der Waals surface area contributed by atoms with Crippen LogP contribution >= 0.6 is 11.8 Å². The number of fused-ring (bicyclic) bond motifs is 2. The highest BCUT2D eigenvalue weighted by Crippen LogP contribution is 2.33. The number of amidine groups is 1. The standard InChI is InChI=1S/C19H21N5S/c1-11(2)24-18-16(9-20-24)13(4)21-19(23-18)25-10-15-8-14-7-12(3)5-6-17(14)22-15/h5-7,9,11H,4,8,10H2,1-3H3,(H,21,23). The first-order valence-corrected chi connectivity index (χ1v) is 9.41. The Hall–Kier alpha value is -2.34. The second kappa shape index (κ2) is 6.19. The van der Waals surface area contributed by atoms with E-state index in [2.05, 4.69) is 56.0 Å². The molecule has 0 bridgehead atoms. The van der Waals surface area contributed by atoms with Gasteiger partial charge >= 0.3 is 0 Å². The van der Waals surface area contributed by atoms with Crippen LogP contribution in [0.1, 0.15) is 36.6 Å². The molecule has 0 saturated carbocycles. The van der Waals surface area contributed by atoms with Gasteiger partial charge in [-0.15, -0.1) is 0 Å². The van der Waals surface area contributed by atoms with Gasteiger partial charge in [0.05, 0.1) is 17.4 Å². The molecule has 0 atom stereocenters. The number of nitrogens with one attached hydrogen (secondary N) is 1. The Balaban J connectivity index is 1.50. The average Bonchev–Trinajstić information content (AvgIpc) is 3.16. The maximum Gasteiger partial charge on any atom is 0.168 e. The number of hydrogen-bond acceptors (Lipinski definition) is 5. The van der Waals surface area contributed by atoms with Gasteiger partial charge in [0.15, 0.2) is 11.0 Å². The van der Waals surface area contributed by atoms with Crippen molar-refractivity contribution in [2.45, 2.75) is 33.2 Å². The van der Waals surface area contributed by atoms with Crippen LogP contribution in [-0.4, -0.2) is 26.4 Å². The predicted octanol–water partition coefficient (Wildman–Crippen LogP) is 4.40. The monoisotopic (exact) mass is 351 g/mol. The molecular weight excluding hydrogens is 330 g/mol. The van der Waals surface area contributed by atoms with Crippen molar-refractivity contribution in [1.29, 1.82) is 0 Å². The molecule has 0 radical (unpaired) electrons. The molecule has 1 aromatic heterocycles. The third-order valence-electron chi connectivity index (χ3n) is 4.33. The topological polar surface area (TPSA) is 54.6 Å². The summed E-state index contributed by atoms with van der Waals surface area (Å²) in [5.74, 6) is 1.70. The van der Waals surface area contributed by atoms with Gasteiger partial charge in [0.1, 0.15) is 0 Å². The fourth-order valence-corrected chi connectivity index (χ4v) is 3.89. The molecule has 1 aromatic carbocycles. The van der Waals surface area contributed by atoms with Crippen molar-refractivity contribution in [3.8, 4) is 0 Å². The Morgan fingerprint density at radius 3 is 2.96 bits per heavy atom. The maximum atomic E-state index is 4.75. The summed E-state index contributed by atoms with van der Waals surface area (Å²) in [6.45, 7) is 10.4. The molecule has 1 N–H and O–H groups in total. The lowest BCUT2D eigenvalue weighted by Crippen LogP contribution is -2.23. The zero-order chi connectivity index (χ0) is 17.6. The van der Waals surface area contributed by atoms with Crippen molar-refractivity contribution in [2.24, 2.45) is 9.98 Å². The third-order valence-corrected chi connectivity index (χ3v) is 5.28. The van der Waals surface area contributed by atoms with Gasteiger partial charge < -0.3 is 5.32 Å². The summed E-state index contributed by atoms with van der Waals surface area (Å²) in [7, 11) is 0. The van der Waals surface area contributed by atoms with E-state index in [1.807, 2.05) is 10.9 Å².